The van der Waals surface area contributed by atoms with Crippen LogP contribution in [0.3, 0.4) is 0 Å². The van der Waals surface area contributed by atoms with Crippen molar-refractivity contribution in [2.45, 2.75) is 11.8 Å². The first-order valence-electron chi connectivity index (χ1n) is 6.19. The van der Waals surface area contributed by atoms with Gasteiger partial charge >= 0.3 is 0 Å². The van der Waals surface area contributed by atoms with Crippen molar-refractivity contribution < 1.29 is 13.2 Å². The second-order valence-electron chi connectivity index (χ2n) is 4.37. The van der Waals surface area contributed by atoms with Crippen LogP contribution in [0.1, 0.15) is 6.92 Å². The Bertz CT molecular complexity index is 777. The molecule has 1 aromatic carbocycles. The zero-order valence-electron chi connectivity index (χ0n) is 11.3. The summed E-state index contributed by atoms with van der Waals surface area (Å²) in [5, 5.41) is 3.55. The van der Waals surface area contributed by atoms with Crippen LogP contribution in [0.25, 0.3) is 10.9 Å². The SMILES string of the molecule is CC(=O)NCCNS(=O)(=O)c1ccc2nc(Cl)ccc2c1. The van der Waals surface area contributed by atoms with Crippen molar-refractivity contribution in [2.24, 2.45) is 0 Å². The van der Waals surface area contributed by atoms with E-state index >= 15 is 0 Å². The lowest BCUT2D eigenvalue weighted by Crippen LogP contribution is -2.33. The van der Waals surface area contributed by atoms with E-state index in [4.69, 9.17) is 11.6 Å². The molecule has 0 aliphatic rings. The van der Waals surface area contributed by atoms with E-state index < -0.39 is 10.0 Å². The molecule has 6 nitrogen and oxygen atoms in total. The molecule has 0 bridgehead atoms. The lowest BCUT2D eigenvalue weighted by molar-refractivity contribution is -0.118. The van der Waals surface area contributed by atoms with Crippen molar-refractivity contribution in [2.75, 3.05) is 13.1 Å². The van der Waals surface area contributed by atoms with Crippen molar-refractivity contribution in [3.8, 4) is 0 Å². The maximum atomic E-state index is 12.1. The molecule has 112 valence electrons. The number of carbonyl (C=O) groups is 1. The molecule has 0 saturated carbocycles. The first kappa shape index (κ1) is 15.7. The van der Waals surface area contributed by atoms with Crippen LogP contribution in [-0.2, 0) is 14.8 Å². The Kier molecular flexibility index (Phi) is 4.76. The molecule has 0 saturated heterocycles. The first-order chi connectivity index (χ1) is 9.88. The molecule has 2 N–H and O–H groups in total. The van der Waals surface area contributed by atoms with Gasteiger partial charge in [-0.15, -0.1) is 0 Å². The second kappa shape index (κ2) is 6.38. The molecule has 0 fully saturated rings. The van der Waals surface area contributed by atoms with E-state index in [1.54, 1.807) is 18.2 Å². The maximum Gasteiger partial charge on any atom is 0.240 e. The lowest BCUT2D eigenvalue weighted by Gasteiger charge is -2.08. The Labute approximate surface area is 127 Å². The highest BCUT2D eigenvalue weighted by molar-refractivity contribution is 7.89. The molecule has 0 radical (unpaired) electrons. The molecule has 2 aromatic rings. The molecular weight excluding hydrogens is 314 g/mol. The summed E-state index contributed by atoms with van der Waals surface area (Å²) in [6.45, 7) is 1.73. The van der Waals surface area contributed by atoms with Crippen LogP contribution in [-0.4, -0.2) is 32.4 Å². The topological polar surface area (TPSA) is 88.2 Å². The molecule has 8 heteroatoms. The van der Waals surface area contributed by atoms with Crippen LogP contribution in [0, 0.1) is 0 Å². The van der Waals surface area contributed by atoms with Crippen LogP contribution in [0.2, 0.25) is 5.15 Å². The highest BCUT2D eigenvalue weighted by atomic mass is 35.5. The molecule has 0 unspecified atom stereocenters. The number of sulfonamides is 1. The van der Waals surface area contributed by atoms with Gasteiger partial charge in [0.2, 0.25) is 15.9 Å². The predicted molar refractivity (Wildman–Crippen MR) is 80.6 cm³/mol. The smallest absolute Gasteiger partial charge is 0.240 e. The number of hydrogen-bond donors (Lipinski definition) is 2. The number of nitrogens with one attached hydrogen (secondary N) is 2. The molecular formula is C13H14ClN3O3S. The van der Waals surface area contributed by atoms with E-state index in [9.17, 15) is 13.2 Å². The Morgan fingerprint density at radius 1 is 1.24 bits per heavy atom. The molecule has 1 aromatic heterocycles. The predicted octanol–water partition coefficient (Wildman–Crippen LogP) is 1.30. The zero-order valence-corrected chi connectivity index (χ0v) is 12.8. The fourth-order valence-corrected chi connectivity index (χ4v) is 2.97. The Balaban J connectivity index is 2.16. The minimum absolute atomic E-state index is 0.124. The first-order valence-corrected chi connectivity index (χ1v) is 8.05. The minimum atomic E-state index is -3.62. The fourth-order valence-electron chi connectivity index (χ4n) is 1.75. The summed E-state index contributed by atoms with van der Waals surface area (Å²) in [4.78, 5) is 14.9. The number of aromatic nitrogens is 1. The van der Waals surface area contributed by atoms with E-state index in [1.807, 2.05) is 0 Å². The average Bonchev–Trinajstić information content (AvgIpc) is 2.43. The highest BCUT2D eigenvalue weighted by Gasteiger charge is 2.14. The van der Waals surface area contributed by atoms with Gasteiger partial charge in [-0.2, -0.15) is 0 Å². The Morgan fingerprint density at radius 3 is 2.71 bits per heavy atom. The maximum absolute atomic E-state index is 12.1. The monoisotopic (exact) mass is 327 g/mol. The highest BCUT2D eigenvalue weighted by Crippen LogP contribution is 2.19. The van der Waals surface area contributed by atoms with E-state index in [-0.39, 0.29) is 23.9 Å². The quantitative estimate of drug-likeness (QED) is 0.640. The van der Waals surface area contributed by atoms with E-state index in [0.29, 0.717) is 16.1 Å². The van der Waals surface area contributed by atoms with Crippen molar-refractivity contribution in [3.05, 3.63) is 35.5 Å². The number of pyridine rings is 1. The van der Waals surface area contributed by atoms with Gasteiger partial charge in [0.1, 0.15) is 5.15 Å². The average molecular weight is 328 g/mol. The van der Waals surface area contributed by atoms with Crippen LogP contribution in [0.4, 0.5) is 0 Å². The van der Waals surface area contributed by atoms with E-state index in [1.165, 1.54) is 19.1 Å². The van der Waals surface area contributed by atoms with Gasteiger partial charge in [-0.1, -0.05) is 11.6 Å². The van der Waals surface area contributed by atoms with Crippen LogP contribution >= 0.6 is 11.6 Å². The fraction of sp³-hybridized carbons (Fsp3) is 0.231. The normalized spacial score (nSPS) is 11.5. The van der Waals surface area contributed by atoms with Gasteiger partial charge < -0.3 is 5.32 Å². The van der Waals surface area contributed by atoms with Gasteiger partial charge in [-0.25, -0.2) is 18.1 Å². The number of hydrogen-bond acceptors (Lipinski definition) is 4. The third-order valence-corrected chi connectivity index (χ3v) is 4.40. The summed E-state index contributed by atoms with van der Waals surface area (Å²) in [6.07, 6.45) is 0. The molecule has 0 atom stereocenters. The largest absolute Gasteiger partial charge is 0.355 e. The number of halogens is 1. The molecule has 0 aliphatic heterocycles. The van der Waals surface area contributed by atoms with Gasteiger partial charge in [0.15, 0.2) is 0 Å². The van der Waals surface area contributed by atoms with Gasteiger partial charge in [0.25, 0.3) is 0 Å². The second-order valence-corrected chi connectivity index (χ2v) is 6.52. The summed E-state index contributed by atoms with van der Waals surface area (Å²) in [5.74, 6) is -0.206. The summed E-state index contributed by atoms with van der Waals surface area (Å²) >= 11 is 5.78. The molecule has 1 heterocycles. The summed E-state index contributed by atoms with van der Waals surface area (Å²) in [6, 6.07) is 7.90. The third kappa shape index (κ3) is 4.13. The van der Waals surface area contributed by atoms with Crippen molar-refractivity contribution >= 4 is 38.4 Å². The Morgan fingerprint density at radius 2 is 2.00 bits per heavy atom. The zero-order chi connectivity index (χ0) is 15.5. The van der Waals surface area contributed by atoms with Crippen molar-refractivity contribution in [1.29, 1.82) is 0 Å². The number of benzene rings is 1. The van der Waals surface area contributed by atoms with Gasteiger partial charge in [-0.05, 0) is 30.3 Å². The molecule has 2 rings (SSSR count). The van der Waals surface area contributed by atoms with Crippen LogP contribution in [0.15, 0.2) is 35.2 Å². The number of carbonyl (C=O) groups excluding carboxylic acids is 1. The summed E-state index contributed by atoms with van der Waals surface area (Å²) in [5.41, 5.74) is 0.625. The molecule has 1 amide bonds. The summed E-state index contributed by atoms with van der Waals surface area (Å²) < 4.78 is 26.7. The number of nitrogens with zero attached hydrogens (tertiary/aromatic N) is 1. The van der Waals surface area contributed by atoms with Gasteiger partial charge in [-0.3, -0.25) is 4.79 Å². The third-order valence-electron chi connectivity index (χ3n) is 2.73. The van der Waals surface area contributed by atoms with Gasteiger partial charge in [0, 0.05) is 25.4 Å². The standard InChI is InChI=1S/C13H14ClN3O3S/c1-9(18)15-6-7-16-21(19,20)11-3-4-12-10(8-11)2-5-13(14)17-12/h2-5,8,16H,6-7H2,1H3,(H,15,18). The van der Waals surface area contributed by atoms with Crippen LogP contribution in [0.5, 0.6) is 0 Å². The van der Waals surface area contributed by atoms with E-state index in [0.717, 1.165) is 0 Å². The van der Waals surface area contributed by atoms with Gasteiger partial charge in [0.05, 0.1) is 10.4 Å². The molecule has 21 heavy (non-hydrogen) atoms. The van der Waals surface area contributed by atoms with Crippen molar-refractivity contribution in [3.63, 3.8) is 0 Å². The van der Waals surface area contributed by atoms with Crippen molar-refractivity contribution in [1.82, 2.24) is 15.0 Å². The Hall–Kier alpha value is -1.70. The number of fused-ring (bicyclic) bond motifs is 1. The molecule has 0 spiro atoms. The molecule has 0 aliphatic carbocycles. The summed E-state index contributed by atoms with van der Waals surface area (Å²) in [7, 11) is -3.62. The lowest BCUT2D eigenvalue weighted by atomic mass is 10.2. The number of rotatable bonds is 5. The number of amides is 1. The van der Waals surface area contributed by atoms with Crippen LogP contribution < -0.4 is 10.0 Å². The van der Waals surface area contributed by atoms with E-state index in [2.05, 4.69) is 15.0 Å². The minimum Gasteiger partial charge on any atom is -0.355 e.